The van der Waals surface area contributed by atoms with E-state index in [2.05, 4.69) is 34.3 Å². The molecule has 0 atom stereocenters. The average molecular weight is 451 g/mol. The fourth-order valence-corrected chi connectivity index (χ4v) is 3.10. The third-order valence-electron chi connectivity index (χ3n) is 3.47. The second-order valence-corrected chi connectivity index (χ2v) is 6.38. The molecule has 0 saturated carbocycles. The van der Waals surface area contributed by atoms with Gasteiger partial charge in [-0.25, -0.2) is 5.01 Å². The number of ether oxygens (including phenoxy) is 2. The van der Waals surface area contributed by atoms with E-state index in [0.717, 1.165) is 9.13 Å². The molecular weight excluding hydrogens is 433 g/mol. The van der Waals surface area contributed by atoms with Crippen LogP contribution >= 0.6 is 22.6 Å². The predicted molar refractivity (Wildman–Crippen MR) is 104 cm³/mol. The number of rotatable bonds is 7. The van der Waals surface area contributed by atoms with Gasteiger partial charge in [0.1, 0.15) is 6.61 Å². The Morgan fingerprint density at radius 2 is 2.24 bits per heavy atom. The lowest BCUT2D eigenvalue weighted by Gasteiger charge is -2.13. The molecule has 0 spiro atoms. The maximum atomic E-state index is 12.4. The molecule has 0 fully saturated rings. The molecule has 1 aliphatic rings. The summed E-state index contributed by atoms with van der Waals surface area (Å²) in [6.07, 6.45) is 3.69. The summed E-state index contributed by atoms with van der Waals surface area (Å²) in [5, 5.41) is 14.2. The summed E-state index contributed by atoms with van der Waals surface area (Å²) in [6, 6.07) is 5.74. The highest BCUT2D eigenvalue weighted by Gasteiger charge is 2.27. The maximum Gasteiger partial charge on any atom is 0.275 e. The van der Waals surface area contributed by atoms with Crippen molar-refractivity contribution in [2.75, 3.05) is 20.3 Å². The van der Waals surface area contributed by atoms with Crippen molar-refractivity contribution in [1.29, 1.82) is 5.26 Å². The van der Waals surface area contributed by atoms with E-state index >= 15 is 0 Å². The van der Waals surface area contributed by atoms with Crippen LogP contribution in [0.5, 0.6) is 11.5 Å². The van der Waals surface area contributed by atoms with Crippen molar-refractivity contribution < 1.29 is 14.3 Å². The second kappa shape index (κ2) is 8.67. The molecule has 2 rings (SSSR count). The molecule has 7 heteroatoms. The average Bonchev–Trinajstić information content (AvgIpc) is 2.86. The third-order valence-corrected chi connectivity index (χ3v) is 4.27. The Labute approximate surface area is 160 Å². The highest BCUT2D eigenvalue weighted by molar-refractivity contribution is 14.1. The van der Waals surface area contributed by atoms with Crippen molar-refractivity contribution >= 4 is 40.3 Å². The minimum absolute atomic E-state index is 0.200. The van der Waals surface area contributed by atoms with Crippen molar-refractivity contribution in [3.8, 4) is 17.6 Å². The van der Waals surface area contributed by atoms with Crippen molar-refractivity contribution in [3.63, 3.8) is 0 Å². The first kappa shape index (κ1) is 19.0. The Morgan fingerprint density at radius 1 is 1.48 bits per heavy atom. The molecule has 1 aliphatic heterocycles. The van der Waals surface area contributed by atoms with Crippen LogP contribution < -0.4 is 9.47 Å². The lowest BCUT2D eigenvalue weighted by Crippen LogP contribution is -2.22. The van der Waals surface area contributed by atoms with E-state index < -0.39 is 0 Å². The Bertz CT molecular complexity index is 793. The molecule has 130 valence electrons. The Balaban J connectivity index is 2.33. The number of hydrogen-bond donors (Lipinski definition) is 0. The monoisotopic (exact) mass is 451 g/mol. The normalized spacial score (nSPS) is 15.1. The van der Waals surface area contributed by atoms with E-state index in [4.69, 9.17) is 14.7 Å². The summed E-state index contributed by atoms with van der Waals surface area (Å²) in [4.78, 5) is 12.4. The van der Waals surface area contributed by atoms with Crippen molar-refractivity contribution in [2.45, 2.75) is 13.3 Å². The van der Waals surface area contributed by atoms with Gasteiger partial charge >= 0.3 is 0 Å². The molecule has 0 bridgehead atoms. The summed E-state index contributed by atoms with van der Waals surface area (Å²) >= 11 is 2.16. The Hall–Kier alpha value is -2.34. The fraction of sp³-hybridized carbons (Fsp3) is 0.278. The van der Waals surface area contributed by atoms with Gasteiger partial charge in [-0.05, 0) is 53.3 Å². The lowest BCUT2D eigenvalue weighted by molar-refractivity contribution is -0.125. The maximum absolute atomic E-state index is 12.4. The molecule has 1 heterocycles. The van der Waals surface area contributed by atoms with E-state index in [9.17, 15) is 4.79 Å². The van der Waals surface area contributed by atoms with Crippen LogP contribution in [0, 0.1) is 14.9 Å². The minimum atomic E-state index is -0.200. The fourth-order valence-electron chi connectivity index (χ4n) is 2.32. The molecule has 1 aromatic rings. The van der Waals surface area contributed by atoms with Crippen LogP contribution in [0.4, 0.5) is 0 Å². The number of carbonyl (C=O) groups excluding carboxylic acids is 1. The van der Waals surface area contributed by atoms with Gasteiger partial charge in [-0.2, -0.15) is 10.4 Å². The smallest absolute Gasteiger partial charge is 0.275 e. The van der Waals surface area contributed by atoms with Gasteiger partial charge in [-0.3, -0.25) is 4.79 Å². The van der Waals surface area contributed by atoms with Crippen LogP contribution in [-0.2, 0) is 4.79 Å². The van der Waals surface area contributed by atoms with Gasteiger partial charge in [0.15, 0.2) is 11.5 Å². The van der Waals surface area contributed by atoms with E-state index in [0.29, 0.717) is 35.9 Å². The van der Waals surface area contributed by atoms with Gasteiger partial charge in [0.25, 0.3) is 5.91 Å². The molecule has 0 aliphatic carbocycles. The first-order chi connectivity index (χ1) is 12.0. The first-order valence-corrected chi connectivity index (χ1v) is 8.67. The molecule has 25 heavy (non-hydrogen) atoms. The summed E-state index contributed by atoms with van der Waals surface area (Å²) in [5.74, 6) is 1.03. The summed E-state index contributed by atoms with van der Waals surface area (Å²) < 4.78 is 11.9. The molecule has 0 radical (unpaired) electrons. The minimum Gasteiger partial charge on any atom is -0.493 e. The van der Waals surface area contributed by atoms with Crippen LogP contribution in [-0.4, -0.2) is 36.9 Å². The van der Waals surface area contributed by atoms with Crippen molar-refractivity contribution in [2.24, 2.45) is 5.10 Å². The van der Waals surface area contributed by atoms with E-state index in [1.807, 2.05) is 18.2 Å². The van der Waals surface area contributed by atoms with Gasteiger partial charge in [0, 0.05) is 0 Å². The molecule has 0 aromatic heterocycles. The number of benzene rings is 1. The van der Waals surface area contributed by atoms with Gasteiger partial charge in [0.05, 0.1) is 41.0 Å². The molecule has 6 nitrogen and oxygen atoms in total. The summed E-state index contributed by atoms with van der Waals surface area (Å²) in [7, 11) is 1.57. The van der Waals surface area contributed by atoms with Crippen LogP contribution in [0.15, 0.2) is 35.5 Å². The van der Waals surface area contributed by atoms with Crippen LogP contribution in [0.25, 0.3) is 6.08 Å². The summed E-state index contributed by atoms with van der Waals surface area (Å²) in [5.41, 5.74) is 1.95. The van der Waals surface area contributed by atoms with Gasteiger partial charge in [-0.15, -0.1) is 0 Å². The lowest BCUT2D eigenvalue weighted by atomic mass is 10.1. The van der Waals surface area contributed by atoms with Gasteiger partial charge in [0.2, 0.25) is 0 Å². The van der Waals surface area contributed by atoms with Crippen molar-refractivity contribution in [3.05, 3.63) is 39.5 Å². The van der Waals surface area contributed by atoms with Crippen LogP contribution in [0.3, 0.4) is 0 Å². The zero-order valence-electron chi connectivity index (χ0n) is 14.1. The molecule has 0 N–H and O–H groups in total. The Morgan fingerprint density at radius 3 is 2.88 bits per heavy atom. The number of nitrogens with zero attached hydrogens (tertiary/aromatic N) is 3. The summed E-state index contributed by atoms with van der Waals surface area (Å²) in [6.45, 7) is 6.09. The molecular formula is C18H18IN3O3. The van der Waals surface area contributed by atoms with E-state index in [-0.39, 0.29) is 12.3 Å². The first-order valence-electron chi connectivity index (χ1n) is 7.59. The van der Waals surface area contributed by atoms with E-state index in [1.54, 1.807) is 26.2 Å². The van der Waals surface area contributed by atoms with E-state index in [1.165, 1.54) is 5.01 Å². The molecule has 1 aromatic carbocycles. The van der Waals surface area contributed by atoms with Crippen LogP contribution in [0.1, 0.15) is 18.9 Å². The number of hydrogen-bond acceptors (Lipinski definition) is 5. The topological polar surface area (TPSA) is 74.9 Å². The highest BCUT2D eigenvalue weighted by atomic mass is 127. The van der Waals surface area contributed by atoms with Gasteiger partial charge < -0.3 is 9.47 Å². The SMILES string of the molecule is C=CCOc1c(I)cc(C=C2C(=O)N(CCC#N)N=C2C)cc1OC. The largest absolute Gasteiger partial charge is 0.493 e. The molecule has 0 unspecified atom stereocenters. The molecule has 0 saturated heterocycles. The number of amides is 1. The second-order valence-electron chi connectivity index (χ2n) is 5.21. The number of methoxy groups -OCH3 is 1. The zero-order valence-corrected chi connectivity index (χ0v) is 16.2. The standard InChI is InChI=1S/C18H18IN3O3/c1-4-8-25-17-15(19)10-13(11-16(17)24-3)9-14-12(2)21-22(18(14)23)7-5-6-20/h4,9-11H,1,5,7-8H2,2-3H3. The zero-order chi connectivity index (χ0) is 18.4. The predicted octanol–water partition coefficient (Wildman–Crippen LogP) is 3.38. The molecule has 1 amide bonds. The number of carbonyl (C=O) groups is 1. The van der Waals surface area contributed by atoms with Crippen molar-refractivity contribution in [1.82, 2.24) is 5.01 Å². The van der Waals surface area contributed by atoms with Gasteiger partial charge in [-0.1, -0.05) is 12.7 Å². The number of hydrazone groups is 1. The highest BCUT2D eigenvalue weighted by Crippen LogP contribution is 2.35. The number of halogens is 1. The Kier molecular flexibility index (Phi) is 6.58. The quantitative estimate of drug-likeness (QED) is 0.362. The van der Waals surface area contributed by atoms with Crippen LogP contribution in [0.2, 0.25) is 0 Å². The number of nitriles is 1. The third kappa shape index (κ3) is 4.39.